The topological polar surface area (TPSA) is 0 Å². The van der Waals surface area contributed by atoms with Crippen LogP contribution in [0.5, 0.6) is 0 Å². The van der Waals surface area contributed by atoms with Crippen LogP contribution in [0.2, 0.25) is 0 Å². The Bertz CT molecular complexity index is 234. The molecule has 0 aromatic rings. The third kappa shape index (κ3) is 4.24. The molecule has 15 heavy (non-hydrogen) atoms. The van der Waals surface area contributed by atoms with Gasteiger partial charge in [0.15, 0.2) is 0 Å². The first-order valence-electron chi connectivity index (χ1n) is 6.58. The van der Waals surface area contributed by atoms with Gasteiger partial charge in [-0.3, -0.25) is 0 Å². The molecule has 0 nitrogen and oxygen atoms in total. The lowest BCUT2D eigenvalue weighted by molar-refractivity contribution is 0.376. The average molecular weight is 206 g/mol. The molecular formula is C15H26. The maximum Gasteiger partial charge on any atom is -0.0109 e. The molecule has 1 aliphatic rings. The second-order valence-electron chi connectivity index (χ2n) is 5.18. The zero-order chi connectivity index (χ0) is 11.1. The van der Waals surface area contributed by atoms with Crippen molar-refractivity contribution in [1.82, 2.24) is 0 Å². The van der Waals surface area contributed by atoms with Gasteiger partial charge in [-0.15, -0.1) is 0 Å². The molecule has 0 aromatic carbocycles. The van der Waals surface area contributed by atoms with E-state index in [9.17, 15) is 0 Å². The molecule has 0 bridgehead atoms. The van der Waals surface area contributed by atoms with Gasteiger partial charge in [-0.1, -0.05) is 63.8 Å². The summed E-state index contributed by atoms with van der Waals surface area (Å²) in [4.78, 5) is 0. The molecule has 0 saturated heterocycles. The maximum absolute atomic E-state index is 2.46. The van der Waals surface area contributed by atoms with Crippen molar-refractivity contribution in [2.45, 2.75) is 65.7 Å². The minimum absolute atomic E-state index is 0.450. The standard InChI is InChI=1S/C15H26/c1-4-6-8-14-9-12-15(3,13-10-14)11-7-5-2/h9-10,12H,4-8,11,13H2,1-3H3. The second kappa shape index (κ2) is 6.15. The smallest absolute Gasteiger partial charge is 0.0109 e. The Morgan fingerprint density at radius 1 is 1.20 bits per heavy atom. The van der Waals surface area contributed by atoms with E-state index in [0.29, 0.717) is 5.41 Å². The molecule has 0 fully saturated rings. The van der Waals surface area contributed by atoms with Crippen LogP contribution in [-0.4, -0.2) is 0 Å². The Labute approximate surface area is 95.5 Å². The first-order chi connectivity index (χ1) is 7.20. The van der Waals surface area contributed by atoms with Crippen LogP contribution >= 0.6 is 0 Å². The van der Waals surface area contributed by atoms with Crippen LogP contribution in [0.4, 0.5) is 0 Å². The van der Waals surface area contributed by atoms with Crippen LogP contribution in [0.3, 0.4) is 0 Å². The minimum atomic E-state index is 0.450. The third-order valence-electron chi connectivity index (χ3n) is 3.45. The zero-order valence-corrected chi connectivity index (χ0v) is 10.7. The lowest BCUT2D eigenvalue weighted by Gasteiger charge is -2.28. The molecule has 0 amide bonds. The lowest BCUT2D eigenvalue weighted by atomic mass is 9.77. The SMILES string of the molecule is CCCCC1=CCC(C)(CCCC)C=C1. The Balaban J connectivity index is 2.39. The van der Waals surface area contributed by atoms with Gasteiger partial charge < -0.3 is 0 Å². The second-order valence-corrected chi connectivity index (χ2v) is 5.18. The summed E-state index contributed by atoms with van der Waals surface area (Å²) >= 11 is 0. The van der Waals surface area contributed by atoms with E-state index >= 15 is 0 Å². The number of allylic oxidation sites excluding steroid dienone is 4. The highest BCUT2D eigenvalue weighted by molar-refractivity contribution is 5.26. The summed E-state index contributed by atoms with van der Waals surface area (Å²) in [6, 6.07) is 0. The van der Waals surface area contributed by atoms with Gasteiger partial charge in [-0.2, -0.15) is 0 Å². The van der Waals surface area contributed by atoms with Gasteiger partial charge in [0.25, 0.3) is 0 Å². The number of hydrogen-bond donors (Lipinski definition) is 0. The van der Waals surface area contributed by atoms with Gasteiger partial charge in [0.1, 0.15) is 0 Å². The first-order valence-corrected chi connectivity index (χ1v) is 6.58. The van der Waals surface area contributed by atoms with Crippen molar-refractivity contribution in [1.29, 1.82) is 0 Å². The zero-order valence-electron chi connectivity index (χ0n) is 10.7. The molecule has 0 N–H and O–H groups in total. The van der Waals surface area contributed by atoms with Crippen LogP contribution in [0.15, 0.2) is 23.8 Å². The van der Waals surface area contributed by atoms with Crippen molar-refractivity contribution in [3.05, 3.63) is 23.8 Å². The molecule has 1 atom stereocenters. The van der Waals surface area contributed by atoms with Crippen molar-refractivity contribution >= 4 is 0 Å². The summed E-state index contributed by atoms with van der Waals surface area (Å²) < 4.78 is 0. The van der Waals surface area contributed by atoms with E-state index in [1.54, 1.807) is 5.57 Å². The van der Waals surface area contributed by atoms with Crippen LogP contribution in [0.1, 0.15) is 65.7 Å². The van der Waals surface area contributed by atoms with Crippen molar-refractivity contribution in [2.75, 3.05) is 0 Å². The number of rotatable bonds is 6. The van der Waals surface area contributed by atoms with Crippen molar-refractivity contribution < 1.29 is 0 Å². The first kappa shape index (κ1) is 12.5. The molecule has 86 valence electrons. The molecule has 0 aliphatic heterocycles. The monoisotopic (exact) mass is 206 g/mol. The predicted molar refractivity (Wildman–Crippen MR) is 69.0 cm³/mol. The molecule has 0 saturated carbocycles. The van der Waals surface area contributed by atoms with E-state index in [1.807, 2.05) is 0 Å². The van der Waals surface area contributed by atoms with Crippen molar-refractivity contribution in [3.8, 4) is 0 Å². The molecule has 1 rings (SSSR count). The molecule has 0 radical (unpaired) electrons. The number of unbranched alkanes of at least 4 members (excludes halogenated alkanes) is 2. The minimum Gasteiger partial charge on any atom is -0.0805 e. The van der Waals surface area contributed by atoms with Crippen molar-refractivity contribution in [2.24, 2.45) is 5.41 Å². The quantitative estimate of drug-likeness (QED) is 0.556. The maximum atomic E-state index is 2.46. The van der Waals surface area contributed by atoms with E-state index < -0.39 is 0 Å². The predicted octanol–water partition coefficient (Wildman–Crippen LogP) is 5.26. The largest absolute Gasteiger partial charge is 0.0805 e. The lowest BCUT2D eigenvalue weighted by Crippen LogP contribution is -2.14. The van der Waals surface area contributed by atoms with E-state index in [1.165, 1.54) is 44.9 Å². The fourth-order valence-electron chi connectivity index (χ4n) is 2.14. The van der Waals surface area contributed by atoms with Crippen LogP contribution < -0.4 is 0 Å². The number of hydrogen-bond acceptors (Lipinski definition) is 0. The summed E-state index contributed by atoms with van der Waals surface area (Å²) in [6.07, 6.45) is 16.5. The highest BCUT2D eigenvalue weighted by Gasteiger charge is 2.21. The van der Waals surface area contributed by atoms with E-state index in [2.05, 4.69) is 39.0 Å². The van der Waals surface area contributed by atoms with Crippen LogP contribution in [0.25, 0.3) is 0 Å². The highest BCUT2D eigenvalue weighted by Crippen LogP contribution is 2.35. The Kier molecular flexibility index (Phi) is 5.14. The van der Waals surface area contributed by atoms with E-state index in [0.717, 1.165) is 0 Å². The average Bonchev–Trinajstić information content (AvgIpc) is 2.26. The van der Waals surface area contributed by atoms with Gasteiger partial charge in [-0.25, -0.2) is 0 Å². The molecule has 1 aliphatic carbocycles. The molecule has 0 heterocycles. The Morgan fingerprint density at radius 2 is 1.93 bits per heavy atom. The third-order valence-corrected chi connectivity index (χ3v) is 3.45. The van der Waals surface area contributed by atoms with Gasteiger partial charge in [0, 0.05) is 0 Å². The van der Waals surface area contributed by atoms with Gasteiger partial charge >= 0.3 is 0 Å². The summed E-state index contributed by atoms with van der Waals surface area (Å²) in [7, 11) is 0. The summed E-state index contributed by atoms with van der Waals surface area (Å²) in [6.45, 7) is 6.93. The normalized spacial score (nSPS) is 25.4. The fourth-order valence-corrected chi connectivity index (χ4v) is 2.14. The summed E-state index contributed by atoms with van der Waals surface area (Å²) in [5.74, 6) is 0. The van der Waals surface area contributed by atoms with E-state index in [-0.39, 0.29) is 0 Å². The highest BCUT2D eigenvalue weighted by atomic mass is 14.3. The summed E-state index contributed by atoms with van der Waals surface area (Å²) in [5, 5.41) is 0. The molecule has 0 spiro atoms. The molecule has 0 heteroatoms. The van der Waals surface area contributed by atoms with Crippen LogP contribution in [-0.2, 0) is 0 Å². The van der Waals surface area contributed by atoms with Crippen molar-refractivity contribution in [3.63, 3.8) is 0 Å². The van der Waals surface area contributed by atoms with Gasteiger partial charge in [0.05, 0.1) is 0 Å². The molecule has 0 aromatic heterocycles. The molecule has 1 unspecified atom stereocenters. The fraction of sp³-hybridized carbons (Fsp3) is 0.733. The van der Waals surface area contributed by atoms with Gasteiger partial charge in [0.2, 0.25) is 0 Å². The van der Waals surface area contributed by atoms with E-state index in [4.69, 9.17) is 0 Å². The van der Waals surface area contributed by atoms with Gasteiger partial charge in [-0.05, 0) is 31.1 Å². The summed E-state index contributed by atoms with van der Waals surface area (Å²) in [5.41, 5.74) is 2.01. The Hall–Kier alpha value is -0.520. The van der Waals surface area contributed by atoms with Crippen LogP contribution in [0, 0.1) is 5.41 Å². The Morgan fingerprint density at radius 3 is 2.47 bits per heavy atom. The molecular weight excluding hydrogens is 180 g/mol.